The number of carbonyl (C=O) groups is 1. The molecule has 22 heavy (non-hydrogen) atoms. The van der Waals surface area contributed by atoms with Gasteiger partial charge in [0.1, 0.15) is 11.7 Å². The lowest BCUT2D eigenvalue weighted by atomic mass is 9.53. The summed E-state index contributed by atoms with van der Waals surface area (Å²) in [7, 11) is 0. The van der Waals surface area contributed by atoms with E-state index in [9.17, 15) is 4.79 Å². The van der Waals surface area contributed by atoms with Gasteiger partial charge in [0.2, 0.25) is 5.88 Å². The molecule has 4 N–H and O–H groups in total. The maximum absolute atomic E-state index is 11.5. The normalized spacial score (nSPS) is 29.5. The van der Waals surface area contributed by atoms with E-state index in [0.717, 1.165) is 32.1 Å². The Morgan fingerprint density at radius 1 is 1.41 bits per heavy atom. The lowest BCUT2D eigenvalue weighted by molar-refractivity contribution is -0.0798. The van der Waals surface area contributed by atoms with Crippen molar-refractivity contribution >= 4 is 5.91 Å². The third-order valence-corrected chi connectivity index (χ3v) is 4.42. The molecule has 0 aromatic carbocycles. The highest BCUT2D eigenvalue weighted by molar-refractivity contribution is 5.94. The van der Waals surface area contributed by atoms with Crippen LogP contribution in [0.25, 0.3) is 0 Å². The van der Waals surface area contributed by atoms with Crippen molar-refractivity contribution in [3.05, 3.63) is 11.8 Å². The van der Waals surface area contributed by atoms with E-state index in [2.05, 4.69) is 9.97 Å². The zero-order chi connectivity index (χ0) is 15.7. The van der Waals surface area contributed by atoms with Crippen LogP contribution in [0.4, 0.5) is 0 Å². The van der Waals surface area contributed by atoms with Crippen molar-refractivity contribution in [2.45, 2.75) is 51.2 Å². The summed E-state index contributed by atoms with van der Waals surface area (Å²) >= 11 is 0. The molecular weight excluding hydrogens is 284 g/mol. The molecule has 2 aliphatic carbocycles. The zero-order valence-electron chi connectivity index (χ0n) is 12.7. The fourth-order valence-electron chi connectivity index (χ4n) is 3.41. The number of hydrogen-bond donors (Lipinski definition) is 2. The second-order valence-corrected chi connectivity index (χ2v) is 6.40. The summed E-state index contributed by atoms with van der Waals surface area (Å²) in [4.78, 5) is 19.6. The number of aromatic nitrogens is 2. The van der Waals surface area contributed by atoms with E-state index in [-0.39, 0.29) is 23.6 Å². The van der Waals surface area contributed by atoms with E-state index in [1.165, 1.54) is 6.20 Å². The summed E-state index contributed by atoms with van der Waals surface area (Å²) in [6.45, 7) is 2.51. The Balaban J connectivity index is 1.67. The van der Waals surface area contributed by atoms with E-state index < -0.39 is 5.91 Å². The second kappa shape index (κ2) is 5.72. The largest absolute Gasteiger partial charge is 0.474 e. The molecule has 7 heteroatoms. The predicted octanol–water partition coefficient (Wildman–Crippen LogP) is 1.01. The number of ether oxygens (including phenoxy) is 2. The van der Waals surface area contributed by atoms with E-state index in [1.54, 1.807) is 0 Å². The van der Waals surface area contributed by atoms with Crippen LogP contribution < -0.4 is 20.9 Å². The summed E-state index contributed by atoms with van der Waals surface area (Å²) in [5.41, 5.74) is 11.7. The Morgan fingerprint density at radius 3 is 2.73 bits per heavy atom. The van der Waals surface area contributed by atoms with Crippen molar-refractivity contribution in [3.63, 3.8) is 0 Å². The smallest absolute Gasteiger partial charge is 0.319 e. The topological polar surface area (TPSA) is 113 Å². The Kier molecular flexibility index (Phi) is 3.90. The maximum Gasteiger partial charge on any atom is 0.319 e. The fraction of sp³-hybridized carbons (Fsp3) is 0.667. The van der Waals surface area contributed by atoms with Crippen LogP contribution in [0, 0.1) is 5.41 Å². The molecule has 3 rings (SSSR count). The molecule has 2 saturated carbocycles. The van der Waals surface area contributed by atoms with Crippen LogP contribution in [0.15, 0.2) is 6.20 Å². The number of carbonyl (C=O) groups excluding carboxylic acids is 1. The van der Waals surface area contributed by atoms with Crippen LogP contribution in [-0.4, -0.2) is 34.6 Å². The highest BCUT2D eigenvalue weighted by Crippen LogP contribution is 2.56. The van der Waals surface area contributed by atoms with Gasteiger partial charge in [-0.15, -0.1) is 0 Å². The highest BCUT2D eigenvalue weighted by atomic mass is 16.5. The molecule has 0 aliphatic heterocycles. The van der Waals surface area contributed by atoms with Gasteiger partial charge in [-0.25, -0.2) is 4.98 Å². The molecule has 1 heterocycles. The Morgan fingerprint density at radius 2 is 2.14 bits per heavy atom. The van der Waals surface area contributed by atoms with Gasteiger partial charge in [0.05, 0.1) is 12.8 Å². The molecule has 1 aromatic heterocycles. The van der Waals surface area contributed by atoms with Crippen LogP contribution >= 0.6 is 0 Å². The Bertz CT molecular complexity index is 564. The van der Waals surface area contributed by atoms with Crippen LogP contribution in [0.2, 0.25) is 0 Å². The third-order valence-electron chi connectivity index (χ3n) is 4.42. The molecule has 1 spiro atoms. The first kappa shape index (κ1) is 15.0. The van der Waals surface area contributed by atoms with Gasteiger partial charge in [-0.2, -0.15) is 4.98 Å². The molecule has 120 valence electrons. The first-order chi connectivity index (χ1) is 10.5. The molecule has 1 aromatic rings. The SMILES string of the molecule is CCCOc1ncc(C(N)=O)c(OC2CC3(CC(N)C3)C2)n1. The van der Waals surface area contributed by atoms with Crippen molar-refractivity contribution in [2.24, 2.45) is 16.9 Å². The van der Waals surface area contributed by atoms with Crippen LogP contribution in [0.1, 0.15) is 49.4 Å². The molecule has 2 aliphatic rings. The van der Waals surface area contributed by atoms with Gasteiger partial charge in [-0.1, -0.05) is 6.92 Å². The van der Waals surface area contributed by atoms with E-state index in [4.69, 9.17) is 20.9 Å². The molecule has 7 nitrogen and oxygen atoms in total. The zero-order valence-corrected chi connectivity index (χ0v) is 12.7. The van der Waals surface area contributed by atoms with Crippen molar-refractivity contribution in [1.29, 1.82) is 0 Å². The van der Waals surface area contributed by atoms with Crippen LogP contribution in [0.3, 0.4) is 0 Å². The van der Waals surface area contributed by atoms with E-state index in [0.29, 0.717) is 18.1 Å². The first-order valence-electron chi connectivity index (χ1n) is 7.73. The highest BCUT2D eigenvalue weighted by Gasteiger charge is 2.53. The number of primary amides is 1. The summed E-state index contributed by atoms with van der Waals surface area (Å²) in [6, 6.07) is 0.539. The van der Waals surface area contributed by atoms with Gasteiger partial charge >= 0.3 is 6.01 Å². The van der Waals surface area contributed by atoms with Crippen LogP contribution in [-0.2, 0) is 0 Å². The lowest BCUT2D eigenvalue weighted by Gasteiger charge is -2.56. The van der Waals surface area contributed by atoms with E-state index in [1.807, 2.05) is 6.92 Å². The molecule has 0 saturated heterocycles. The first-order valence-corrected chi connectivity index (χ1v) is 7.73. The fourth-order valence-corrected chi connectivity index (χ4v) is 3.41. The second-order valence-electron chi connectivity index (χ2n) is 6.40. The minimum Gasteiger partial charge on any atom is -0.474 e. The Hall–Kier alpha value is -1.89. The van der Waals surface area contributed by atoms with Crippen molar-refractivity contribution in [2.75, 3.05) is 6.61 Å². The number of nitrogens with zero attached hydrogens (tertiary/aromatic N) is 2. The predicted molar refractivity (Wildman–Crippen MR) is 79.6 cm³/mol. The minimum absolute atomic E-state index is 0.0551. The third kappa shape index (κ3) is 2.85. The summed E-state index contributed by atoms with van der Waals surface area (Å²) in [6.07, 6.45) is 6.29. The monoisotopic (exact) mass is 306 g/mol. The Labute approximate surface area is 129 Å². The van der Waals surface area contributed by atoms with E-state index >= 15 is 0 Å². The average molecular weight is 306 g/mol. The molecule has 0 radical (unpaired) electrons. The molecule has 0 bridgehead atoms. The maximum atomic E-state index is 11.5. The van der Waals surface area contributed by atoms with Gasteiger partial charge in [-0.3, -0.25) is 4.79 Å². The van der Waals surface area contributed by atoms with Crippen molar-refractivity contribution in [3.8, 4) is 11.9 Å². The summed E-state index contributed by atoms with van der Waals surface area (Å²) < 4.78 is 11.2. The summed E-state index contributed by atoms with van der Waals surface area (Å²) in [5, 5.41) is 0. The van der Waals surface area contributed by atoms with Gasteiger partial charge in [0, 0.05) is 6.04 Å². The summed E-state index contributed by atoms with van der Waals surface area (Å²) in [5.74, 6) is -0.381. The van der Waals surface area contributed by atoms with Gasteiger partial charge < -0.3 is 20.9 Å². The lowest BCUT2D eigenvalue weighted by Crippen LogP contribution is -2.56. The van der Waals surface area contributed by atoms with Crippen molar-refractivity contribution < 1.29 is 14.3 Å². The standard InChI is InChI=1S/C15H22N4O3/c1-2-3-21-14-18-8-11(12(17)20)13(19-14)22-10-6-15(7-10)4-9(16)5-15/h8-10H,2-7,16H2,1H3,(H2,17,20). The molecule has 1 amide bonds. The number of amides is 1. The molecule has 2 fully saturated rings. The van der Waals surface area contributed by atoms with Gasteiger partial charge in [0.15, 0.2) is 0 Å². The van der Waals surface area contributed by atoms with Gasteiger partial charge in [0.25, 0.3) is 5.91 Å². The molecular formula is C15H22N4O3. The van der Waals surface area contributed by atoms with Crippen molar-refractivity contribution in [1.82, 2.24) is 9.97 Å². The average Bonchev–Trinajstić information content (AvgIpc) is 2.41. The molecule has 0 unspecified atom stereocenters. The minimum atomic E-state index is -0.600. The number of hydrogen-bond acceptors (Lipinski definition) is 6. The molecule has 0 atom stereocenters. The van der Waals surface area contributed by atoms with Gasteiger partial charge in [-0.05, 0) is 37.5 Å². The van der Waals surface area contributed by atoms with Crippen LogP contribution in [0.5, 0.6) is 11.9 Å². The quantitative estimate of drug-likeness (QED) is 0.811. The number of nitrogens with two attached hydrogens (primary N) is 2. The number of rotatable bonds is 6.